The normalized spacial score (nSPS) is 15.2. The molecule has 0 saturated carbocycles. The van der Waals surface area contributed by atoms with Crippen molar-refractivity contribution in [2.45, 2.75) is 26.1 Å². The number of alkyl halides is 3. The minimum atomic E-state index is -4.69. The topological polar surface area (TPSA) is 93.0 Å². The van der Waals surface area contributed by atoms with Crippen molar-refractivity contribution in [3.63, 3.8) is 0 Å². The fraction of sp³-hybridized carbons (Fsp3) is 0.364. The molecule has 1 amide bonds. The second-order valence-corrected chi connectivity index (χ2v) is 7.61. The van der Waals surface area contributed by atoms with E-state index in [9.17, 15) is 32.9 Å². The lowest BCUT2D eigenvalue weighted by molar-refractivity contribution is -0.384. The van der Waals surface area contributed by atoms with Gasteiger partial charge in [-0.1, -0.05) is 12.1 Å². The van der Waals surface area contributed by atoms with Gasteiger partial charge in [0.05, 0.1) is 10.5 Å². The van der Waals surface area contributed by atoms with E-state index in [2.05, 4.69) is 0 Å². The lowest BCUT2D eigenvalue weighted by atomic mass is 10.1. The number of anilines is 1. The maximum Gasteiger partial charge on any atom is 0.416 e. The third-order valence-electron chi connectivity index (χ3n) is 5.33. The van der Waals surface area contributed by atoms with Crippen LogP contribution in [-0.2, 0) is 11.0 Å². The lowest BCUT2D eigenvalue weighted by Gasteiger charge is -2.36. The number of halogens is 3. The molecule has 0 N–H and O–H groups in total. The molecule has 0 bridgehead atoms. The molecule has 1 fully saturated rings. The summed E-state index contributed by atoms with van der Waals surface area (Å²) in [7, 11) is 0. The molecule has 8 nitrogen and oxygen atoms in total. The summed E-state index contributed by atoms with van der Waals surface area (Å²) in [5.74, 6) is -0.0553. The van der Waals surface area contributed by atoms with Gasteiger partial charge >= 0.3 is 6.18 Å². The van der Waals surface area contributed by atoms with Crippen molar-refractivity contribution in [3.8, 4) is 5.75 Å². The van der Waals surface area contributed by atoms with Gasteiger partial charge in [0.25, 0.3) is 11.6 Å². The van der Waals surface area contributed by atoms with E-state index < -0.39 is 28.5 Å². The Bertz CT molecular complexity index is 1070. The Morgan fingerprint density at radius 3 is 2.33 bits per heavy atom. The van der Waals surface area contributed by atoms with Gasteiger partial charge in [-0.15, -0.1) is 0 Å². The third kappa shape index (κ3) is 5.60. The molecule has 1 aliphatic heterocycles. The van der Waals surface area contributed by atoms with Crippen LogP contribution in [0.1, 0.15) is 29.8 Å². The molecule has 1 heterocycles. The number of nitrogens with zero attached hydrogens (tertiary/aromatic N) is 3. The van der Waals surface area contributed by atoms with Gasteiger partial charge in [-0.05, 0) is 38.1 Å². The summed E-state index contributed by atoms with van der Waals surface area (Å²) >= 11 is 0. The van der Waals surface area contributed by atoms with Gasteiger partial charge in [-0.3, -0.25) is 19.7 Å². The van der Waals surface area contributed by atoms with Gasteiger partial charge < -0.3 is 14.5 Å². The van der Waals surface area contributed by atoms with Crippen LogP contribution in [0.3, 0.4) is 0 Å². The van der Waals surface area contributed by atoms with E-state index in [0.29, 0.717) is 17.4 Å². The molecule has 2 aromatic rings. The number of carbonyl (C=O) groups is 2. The summed E-state index contributed by atoms with van der Waals surface area (Å²) in [6.45, 7) is 3.87. The van der Waals surface area contributed by atoms with E-state index in [1.165, 1.54) is 11.8 Å². The molecule has 1 saturated heterocycles. The van der Waals surface area contributed by atoms with Gasteiger partial charge in [-0.2, -0.15) is 13.2 Å². The zero-order chi connectivity index (χ0) is 24.3. The number of nitro benzene ring substituents is 1. The van der Waals surface area contributed by atoms with Gasteiger partial charge in [-0.25, -0.2) is 0 Å². The number of Topliss-reactive ketones (excluding diaryl/α,β-unsaturated/α-hetero) is 1. The summed E-state index contributed by atoms with van der Waals surface area (Å²) in [6, 6.07) is 8.90. The Kier molecular flexibility index (Phi) is 6.89. The smallest absolute Gasteiger partial charge is 0.416 e. The highest BCUT2D eigenvalue weighted by Crippen LogP contribution is 2.36. The van der Waals surface area contributed by atoms with Crippen LogP contribution in [0.5, 0.6) is 5.75 Å². The van der Waals surface area contributed by atoms with Crippen molar-refractivity contribution in [1.29, 1.82) is 0 Å². The number of hydrogen-bond donors (Lipinski definition) is 0. The number of carbonyl (C=O) groups excluding carboxylic acids is 2. The maximum atomic E-state index is 12.9. The molecule has 0 aliphatic carbocycles. The van der Waals surface area contributed by atoms with E-state index in [-0.39, 0.29) is 43.6 Å². The maximum absolute atomic E-state index is 12.9. The Morgan fingerprint density at radius 2 is 1.76 bits per heavy atom. The summed E-state index contributed by atoms with van der Waals surface area (Å²) < 4.78 is 44.5. The lowest BCUT2D eigenvalue weighted by Crippen LogP contribution is -2.52. The molecular weight excluding hydrogens is 443 g/mol. The molecule has 0 radical (unpaired) electrons. The van der Waals surface area contributed by atoms with Crippen LogP contribution in [0.2, 0.25) is 0 Å². The number of ether oxygens (including phenoxy) is 1. The predicted molar refractivity (Wildman–Crippen MR) is 113 cm³/mol. The summed E-state index contributed by atoms with van der Waals surface area (Å²) in [5.41, 5.74) is -1.19. The minimum absolute atomic E-state index is 0.0745. The molecule has 1 aliphatic rings. The highest BCUT2D eigenvalue weighted by atomic mass is 19.4. The molecule has 1 atom stereocenters. The van der Waals surface area contributed by atoms with Crippen LogP contribution in [0.25, 0.3) is 0 Å². The summed E-state index contributed by atoms with van der Waals surface area (Å²) in [5, 5.41) is 11.4. The highest BCUT2D eigenvalue weighted by molar-refractivity contribution is 5.94. The highest BCUT2D eigenvalue weighted by Gasteiger charge is 2.35. The monoisotopic (exact) mass is 465 g/mol. The number of amides is 1. The Morgan fingerprint density at radius 1 is 1.09 bits per heavy atom. The second kappa shape index (κ2) is 9.47. The molecule has 176 valence electrons. The second-order valence-electron chi connectivity index (χ2n) is 7.61. The minimum Gasteiger partial charge on any atom is -0.481 e. The van der Waals surface area contributed by atoms with Crippen LogP contribution < -0.4 is 9.64 Å². The molecule has 3 rings (SSSR count). The predicted octanol–water partition coefficient (Wildman–Crippen LogP) is 3.93. The van der Waals surface area contributed by atoms with Crippen LogP contribution in [0.15, 0.2) is 42.5 Å². The first-order valence-corrected chi connectivity index (χ1v) is 10.1. The number of ketones is 1. The number of piperazine rings is 1. The number of rotatable bonds is 6. The molecule has 0 spiro atoms. The average molecular weight is 465 g/mol. The first kappa shape index (κ1) is 24.0. The van der Waals surface area contributed by atoms with Crippen molar-refractivity contribution in [1.82, 2.24) is 4.90 Å². The summed E-state index contributed by atoms with van der Waals surface area (Å²) in [6.07, 6.45) is -5.52. The van der Waals surface area contributed by atoms with Crippen molar-refractivity contribution in [2.24, 2.45) is 0 Å². The zero-order valence-corrected chi connectivity index (χ0v) is 18.0. The number of nitro groups is 1. The average Bonchev–Trinajstić information content (AvgIpc) is 2.77. The van der Waals surface area contributed by atoms with Crippen molar-refractivity contribution < 1.29 is 32.4 Å². The molecule has 0 aromatic heterocycles. The fourth-order valence-corrected chi connectivity index (χ4v) is 3.58. The van der Waals surface area contributed by atoms with Gasteiger partial charge in [0, 0.05) is 37.8 Å². The van der Waals surface area contributed by atoms with Gasteiger partial charge in [0.1, 0.15) is 11.4 Å². The van der Waals surface area contributed by atoms with Gasteiger partial charge in [0.2, 0.25) is 0 Å². The number of benzene rings is 2. The van der Waals surface area contributed by atoms with E-state index in [4.69, 9.17) is 4.74 Å². The molecule has 1 unspecified atom stereocenters. The van der Waals surface area contributed by atoms with Crippen LogP contribution in [-0.4, -0.2) is 53.8 Å². The zero-order valence-electron chi connectivity index (χ0n) is 18.0. The molecule has 2 aromatic carbocycles. The summed E-state index contributed by atoms with van der Waals surface area (Å²) in [4.78, 5) is 37.9. The fourth-order valence-electron chi connectivity index (χ4n) is 3.58. The molecular formula is C22H22F3N3O5. The van der Waals surface area contributed by atoms with E-state index in [0.717, 1.165) is 12.1 Å². The van der Waals surface area contributed by atoms with Crippen LogP contribution in [0.4, 0.5) is 24.5 Å². The first-order chi connectivity index (χ1) is 15.5. The molecule has 33 heavy (non-hydrogen) atoms. The van der Waals surface area contributed by atoms with Crippen molar-refractivity contribution in [2.75, 3.05) is 31.1 Å². The van der Waals surface area contributed by atoms with E-state index in [1.807, 2.05) is 0 Å². The SMILES string of the molecule is CC(=O)c1cccc(OC(C)C(=O)N2CCN(c3ccc(C(F)(F)F)cc3[N+](=O)[O-])CC2)c1. The van der Waals surface area contributed by atoms with Crippen LogP contribution in [0, 0.1) is 10.1 Å². The molecule has 11 heteroatoms. The Labute approximate surface area is 187 Å². The first-order valence-electron chi connectivity index (χ1n) is 10.1. The largest absolute Gasteiger partial charge is 0.481 e. The van der Waals surface area contributed by atoms with E-state index >= 15 is 0 Å². The number of hydrogen-bond acceptors (Lipinski definition) is 6. The third-order valence-corrected chi connectivity index (χ3v) is 5.33. The Balaban J connectivity index is 1.66. The van der Waals surface area contributed by atoms with Crippen molar-refractivity contribution in [3.05, 3.63) is 63.7 Å². The van der Waals surface area contributed by atoms with E-state index in [1.54, 1.807) is 36.1 Å². The van der Waals surface area contributed by atoms with Crippen molar-refractivity contribution >= 4 is 23.1 Å². The van der Waals surface area contributed by atoms with Crippen LogP contribution >= 0.6 is 0 Å². The Hall–Kier alpha value is -3.63. The quantitative estimate of drug-likeness (QED) is 0.365. The standard InChI is InChI=1S/C22H22F3N3O5/c1-14(29)16-4-3-5-18(12-16)33-15(2)21(30)27-10-8-26(9-11-27)19-7-6-17(22(23,24)25)13-20(19)28(31)32/h3-7,12-13,15H,8-11H2,1-2H3. The van der Waals surface area contributed by atoms with Gasteiger partial charge in [0.15, 0.2) is 11.9 Å².